The summed E-state index contributed by atoms with van der Waals surface area (Å²) in [5.74, 6) is 0. The van der Waals surface area contributed by atoms with E-state index in [-0.39, 0.29) is 0 Å². The largest absolute Gasteiger partial charge is 0.390 e. The van der Waals surface area contributed by atoms with Gasteiger partial charge in [-0.2, -0.15) is 4.31 Å². The number of fused-ring (bicyclic) bond motifs is 1. The van der Waals surface area contributed by atoms with Gasteiger partial charge in [-0.05, 0) is 56.4 Å². The summed E-state index contributed by atoms with van der Waals surface area (Å²) in [7, 11) is -3.45. The molecule has 0 atom stereocenters. The highest BCUT2D eigenvalue weighted by molar-refractivity contribution is 7.89. The van der Waals surface area contributed by atoms with Crippen molar-refractivity contribution >= 4 is 15.7 Å². The molecule has 2 aliphatic rings. The predicted octanol–water partition coefficient (Wildman–Crippen LogP) is 1.58. The van der Waals surface area contributed by atoms with Crippen LogP contribution in [0.2, 0.25) is 0 Å². The summed E-state index contributed by atoms with van der Waals surface area (Å²) in [6.45, 7) is 3.47. The molecule has 2 aliphatic heterocycles. The third-order valence-electron chi connectivity index (χ3n) is 4.45. The van der Waals surface area contributed by atoms with Crippen LogP contribution in [0, 0.1) is 0 Å². The number of aliphatic hydroxyl groups is 1. The maximum Gasteiger partial charge on any atom is 0.243 e. The molecule has 0 unspecified atom stereocenters. The Morgan fingerprint density at radius 3 is 2.71 bits per heavy atom. The van der Waals surface area contributed by atoms with Crippen LogP contribution in [0.4, 0.5) is 5.69 Å². The van der Waals surface area contributed by atoms with Crippen molar-refractivity contribution in [3.63, 3.8) is 0 Å². The van der Waals surface area contributed by atoms with Crippen LogP contribution < -0.4 is 5.32 Å². The van der Waals surface area contributed by atoms with Crippen LogP contribution in [0.1, 0.15) is 31.7 Å². The lowest BCUT2D eigenvalue weighted by atomic mass is 9.95. The normalized spacial score (nSPS) is 22.4. The average Bonchev–Trinajstić information content (AvgIpc) is 2.46. The van der Waals surface area contributed by atoms with Gasteiger partial charge in [-0.25, -0.2) is 8.42 Å². The molecule has 0 bridgehead atoms. The molecule has 1 saturated heterocycles. The van der Waals surface area contributed by atoms with Gasteiger partial charge in [0.25, 0.3) is 0 Å². The Bertz CT molecular complexity index is 630. The van der Waals surface area contributed by atoms with Crippen molar-refractivity contribution in [1.29, 1.82) is 0 Å². The summed E-state index contributed by atoms with van der Waals surface area (Å²) >= 11 is 0. The molecule has 6 heteroatoms. The summed E-state index contributed by atoms with van der Waals surface area (Å²) in [6, 6.07) is 5.34. The second-order valence-corrected chi connectivity index (χ2v) is 8.19. The predicted molar refractivity (Wildman–Crippen MR) is 81.9 cm³/mol. The number of rotatable bonds is 2. The van der Waals surface area contributed by atoms with Crippen LogP contribution in [0.5, 0.6) is 0 Å². The molecule has 2 heterocycles. The Morgan fingerprint density at radius 2 is 2.00 bits per heavy atom. The van der Waals surface area contributed by atoms with E-state index in [1.54, 1.807) is 19.1 Å². The van der Waals surface area contributed by atoms with Gasteiger partial charge in [-0.1, -0.05) is 0 Å². The Hall–Kier alpha value is -1.11. The van der Waals surface area contributed by atoms with E-state index in [1.807, 2.05) is 6.07 Å². The highest BCUT2D eigenvalue weighted by Crippen LogP contribution is 2.29. The lowest BCUT2D eigenvalue weighted by Gasteiger charge is -2.35. The van der Waals surface area contributed by atoms with Gasteiger partial charge in [-0.3, -0.25) is 0 Å². The van der Waals surface area contributed by atoms with Crippen LogP contribution in [0.25, 0.3) is 0 Å². The first-order valence-electron chi connectivity index (χ1n) is 7.48. The second kappa shape index (κ2) is 5.26. The number of hydrogen-bond acceptors (Lipinski definition) is 4. The minimum absolute atomic E-state index is 0.367. The van der Waals surface area contributed by atoms with Crippen molar-refractivity contribution in [2.24, 2.45) is 0 Å². The monoisotopic (exact) mass is 310 g/mol. The molecule has 1 aromatic rings. The summed E-state index contributed by atoms with van der Waals surface area (Å²) in [5, 5.41) is 13.2. The van der Waals surface area contributed by atoms with Crippen LogP contribution in [-0.2, 0) is 16.4 Å². The number of piperidine rings is 1. The van der Waals surface area contributed by atoms with E-state index in [2.05, 4.69) is 5.32 Å². The fourth-order valence-electron chi connectivity index (χ4n) is 2.97. The maximum atomic E-state index is 12.7. The topological polar surface area (TPSA) is 69.6 Å². The highest BCUT2D eigenvalue weighted by Gasteiger charge is 2.34. The van der Waals surface area contributed by atoms with Gasteiger partial charge < -0.3 is 10.4 Å². The standard InChI is InChI=1S/C15H22N2O3S/c1-15(18)6-9-17(10-7-15)21(19,20)13-4-5-14-12(11-13)3-2-8-16-14/h4-5,11,16,18H,2-3,6-10H2,1H3. The van der Waals surface area contributed by atoms with E-state index in [1.165, 1.54) is 4.31 Å². The van der Waals surface area contributed by atoms with Crippen LogP contribution in [-0.4, -0.2) is 43.1 Å². The van der Waals surface area contributed by atoms with E-state index < -0.39 is 15.6 Å². The molecule has 2 N–H and O–H groups in total. The number of nitrogens with zero attached hydrogens (tertiary/aromatic N) is 1. The Morgan fingerprint density at radius 1 is 1.29 bits per heavy atom. The lowest BCUT2D eigenvalue weighted by Crippen LogP contribution is -2.45. The first kappa shape index (κ1) is 14.8. The summed E-state index contributed by atoms with van der Waals surface area (Å²) in [5.41, 5.74) is 1.37. The molecule has 0 amide bonds. The molecule has 1 fully saturated rings. The number of aryl methyl sites for hydroxylation is 1. The van der Waals surface area contributed by atoms with Crippen molar-refractivity contribution < 1.29 is 13.5 Å². The highest BCUT2D eigenvalue weighted by atomic mass is 32.2. The molecule has 0 aromatic heterocycles. The Balaban J connectivity index is 1.85. The van der Waals surface area contributed by atoms with Crippen molar-refractivity contribution in [2.45, 2.75) is 43.1 Å². The Kier molecular flexibility index (Phi) is 3.71. The fraction of sp³-hybridized carbons (Fsp3) is 0.600. The molecule has 116 valence electrons. The van der Waals surface area contributed by atoms with Crippen molar-refractivity contribution in [3.8, 4) is 0 Å². The zero-order valence-electron chi connectivity index (χ0n) is 12.3. The summed E-state index contributed by atoms with van der Waals surface area (Å²) in [6.07, 6.45) is 2.92. The van der Waals surface area contributed by atoms with Crippen molar-refractivity contribution in [1.82, 2.24) is 4.31 Å². The zero-order chi connectivity index (χ0) is 15.1. The van der Waals surface area contributed by atoms with Gasteiger partial charge in [0.05, 0.1) is 10.5 Å². The van der Waals surface area contributed by atoms with E-state index in [9.17, 15) is 13.5 Å². The molecular weight excluding hydrogens is 288 g/mol. The van der Waals surface area contributed by atoms with E-state index in [4.69, 9.17) is 0 Å². The minimum atomic E-state index is -3.45. The first-order valence-corrected chi connectivity index (χ1v) is 8.92. The summed E-state index contributed by atoms with van der Waals surface area (Å²) in [4.78, 5) is 0.367. The fourth-order valence-corrected chi connectivity index (χ4v) is 4.46. The molecular formula is C15H22N2O3S. The van der Waals surface area contributed by atoms with Gasteiger partial charge in [0, 0.05) is 25.3 Å². The van der Waals surface area contributed by atoms with Gasteiger partial charge >= 0.3 is 0 Å². The average molecular weight is 310 g/mol. The molecule has 0 saturated carbocycles. The number of anilines is 1. The maximum absolute atomic E-state index is 12.7. The van der Waals surface area contributed by atoms with Crippen molar-refractivity contribution in [3.05, 3.63) is 23.8 Å². The molecule has 0 radical (unpaired) electrons. The van der Waals surface area contributed by atoms with E-state index in [0.717, 1.165) is 30.6 Å². The lowest BCUT2D eigenvalue weighted by molar-refractivity contribution is 0.0126. The van der Waals surface area contributed by atoms with Crippen LogP contribution >= 0.6 is 0 Å². The van der Waals surface area contributed by atoms with E-state index in [0.29, 0.717) is 30.8 Å². The quantitative estimate of drug-likeness (QED) is 0.870. The second-order valence-electron chi connectivity index (χ2n) is 6.25. The SMILES string of the molecule is CC1(O)CCN(S(=O)(=O)c2ccc3c(c2)CCCN3)CC1. The Labute approximate surface area is 126 Å². The van der Waals surface area contributed by atoms with Crippen molar-refractivity contribution in [2.75, 3.05) is 25.0 Å². The number of benzene rings is 1. The molecule has 0 aliphatic carbocycles. The minimum Gasteiger partial charge on any atom is -0.390 e. The third kappa shape index (κ3) is 2.93. The molecule has 5 nitrogen and oxygen atoms in total. The van der Waals surface area contributed by atoms with Gasteiger partial charge in [0.2, 0.25) is 10.0 Å². The smallest absolute Gasteiger partial charge is 0.243 e. The number of hydrogen-bond donors (Lipinski definition) is 2. The summed E-state index contributed by atoms with van der Waals surface area (Å²) < 4.78 is 26.9. The molecule has 3 rings (SSSR count). The molecule has 0 spiro atoms. The number of sulfonamides is 1. The zero-order valence-corrected chi connectivity index (χ0v) is 13.1. The number of nitrogens with one attached hydrogen (secondary N) is 1. The van der Waals surface area contributed by atoms with Gasteiger partial charge in [0.1, 0.15) is 0 Å². The first-order chi connectivity index (χ1) is 9.88. The van der Waals surface area contributed by atoms with Crippen LogP contribution in [0.15, 0.2) is 23.1 Å². The van der Waals surface area contributed by atoms with Gasteiger partial charge in [0.15, 0.2) is 0 Å². The molecule has 21 heavy (non-hydrogen) atoms. The van der Waals surface area contributed by atoms with Gasteiger partial charge in [-0.15, -0.1) is 0 Å². The third-order valence-corrected chi connectivity index (χ3v) is 6.35. The molecule has 1 aromatic carbocycles. The van der Waals surface area contributed by atoms with Crippen LogP contribution in [0.3, 0.4) is 0 Å². The van der Waals surface area contributed by atoms with E-state index >= 15 is 0 Å².